The molecule has 3 heteroatoms. The Hall–Kier alpha value is -2.16. The molecular weight excluding hydrogens is 190 g/mol. The molecule has 0 unspecified atom stereocenters. The number of carbonyl (C=O) groups is 1. The number of Topliss-reactive ketones (excluding diaryl/α,β-unsaturated/α-hetero) is 1. The van der Waals surface area contributed by atoms with Crippen LogP contribution in [0.4, 0.5) is 0 Å². The molecule has 1 aromatic carbocycles. The lowest BCUT2D eigenvalue weighted by Crippen LogP contribution is -2.08. The van der Waals surface area contributed by atoms with Gasteiger partial charge < -0.3 is 5.11 Å². The Morgan fingerprint density at radius 3 is 2.93 bits per heavy atom. The maximum Gasteiger partial charge on any atom is 0.229 e. The smallest absolute Gasteiger partial charge is 0.229 e. The molecule has 1 heterocycles. The number of aliphatic hydroxyl groups is 1. The number of ketones is 1. The van der Waals surface area contributed by atoms with E-state index >= 15 is 0 Å². The second-order valence-corrected chi connectivity index (χ2v) is 3.49. The van der Waals surface area contributed by atoms with E-state index < -0.39 is 0 Å². The van der Waals surface area contributed by atoms with Gasteiger partial charge in [-0.05, 0) is 11.6 Å². The highest BCUT2D eigenvalue weighted by atomic mass is 16.3. The minimum atomic E-state index is -0.355. The summed E-state index contributed by atoms with van der Waals surface area (Å²) in [7, 11) is 0. The summed E-state index contributed by atoms with van der Waals surface area (Å²) in [5.41, 5.74) is 1.34. The van der Waals surface area contributed by atoms with Gasteiger partial charge in [-0.1, -0.05) is 18.2 Å². The number of benzene rings is 1. The summed E-state index contributed by atoms with van der Waals surface area (Å²) in [4.78, 5) is 15.6. The number of hydrogen-bond acceptors (Lipinski definition) is 3. The van der Waals surface area contributed by atoms with Gasteiger partial charge in [-0.25, -0.2) is 0 Å². The SMILES string of the molecule is O=C1C(O)=Cc2cccc3cncc1c23. The summed E-state index contributed by atoms with van der Waals surface area (Å²) in [6.45, 7) is 0. The summed E-state index contributed by atoms with van der Waals surface area (Å²) in [5, 5.41) is 11.2. The van der Waals surface area contributed by atoms with E-state index in [-0.39, 0.29) is 11.5 Å². The van der Waals surface area contributed by atoms with E-state index in [0.717, 1.165) is 16.3 Å². The molecule has 0 saturated carbocycles. The highest BCUT2D eigenvalue weighted by molar-refractivity contribution is 6.21. The molecule has 0 fully saturated rings. The van der Waals surface area contributed by atoms with Crippen LogP contribution in [0.3, 0.4) is 0 Å². The zero-order valence-electron chi connectivity index (χ0n) is 7.77. The van der Waals surface area contributed by atoms with Gasteiger partial charge in [0.1, 0.15) is 0 Å². The monoisotopic (exact) mass is 197 g/mol. The van der Waals surface area contributed by atoms with Crippen LogP contribution >= 0.6 is 0 Å². The summed E-state index contributed by atoms with van der Waals surface area (Å²) in [6, 6.07) is 5.65. The minimum Gasteiger partial charge on any atom is -0.504 e. The molecule has 2 aromatic rings. The van der Waals surface area contributed by atoms with Crippen molar-refractivity contribution in [1.82, 2.24) is 4.98 Å². The highest BCUT2D eigenvalue weighted by Crippen LogP contribution is 2.29. The molecule has 0 saturated heterocycles. The molecule has 0 spiro atoms. The third-order valence-corrected chi connectivity index (χ3v) is 2.58. The molecular formula is C12H7NO2. The van der Waals surface area contributed by atoms with Crippen LogP contribution in [0.5, 0.6) is 0 Å². The van der Waals surface area contributed by atoms with E-state index in [9.17, 15) is 9.90 Å². The lowest BCUT2D eigenvalue weighted by atomic mass is 9.93. The first-order valence-electron chi connectivity index (χ1n) is 4.59. The fraction of sp³-hybridized carbons (Fsp3) is 0. The van der Waals surface area contributed by atoms with Gasteiger partial charge in [-0.2, -0.15) is 0 Å². The zero-order chi connectivity index (χ0) is 10.4. The van der Waals surface area contributed by atoms with Crippen LogP contribution in [0.25, 0.3) is 16.8 Å². The standard InChI is InChI=1S/C12H7NO2/c14-10-4-7-2-1-3-8-5-13-6-9(11(7)8)12(10)15/h1-6,14H. The zero-order valence-corrected chi connectivity index (χ0v) is 7.77. The third-order valence-electron chi connectivity index (χ3n) is 2.58. The molecule has 0 atom stereocenters. The number of aliphatic hydroxyl groups excluding tert-OH is 1. The third kappa shape index (κ3) is 1.00. The number of allylic oxidation sites excluding steroid dienone is 1. The minimum absolute atomic E-state index is 0.219. The predicted octanol–water partition coefficient (Wildman–Crippen LogP) is 2.33. The summed E-state index contributed by atoms with van der Waals surface area (Å²) in [5.74, 6) is -0.574. The van der Waals surface area contributed by atoms with Crippen LogP contribution < -0.4 is 0 Å². The summed E-state index contributed by atoms with van der Waals surface area (Å²) in [6.07, 6.45) is 4.71. The molecule has 0 radical (unpaired) electrons. The number of hydrogen-bond donors (Lipinski definition) is 1. The van der Waals surface area contributed by atoms with Crippen molar-refractivity contribution in [1.29, 1.82) is 0 Å². The van der Waals surface area contributed by atoms with Crippen molar-refractivity contribution in [3.05, 3.63) is 47.5 Å². The maximum absolute atomic E-state index is 11.6. The first-order chi connectivity index (χ1) is 7.27. The van der Waals surface area contributed by atoms with E-state index in [1.54, 1.807) is 6.20 Å². The van der Waals surface area contributed by atoms with Crippen molar-refractivity contribution in [2.75, 3.05) is 0 Å². The Labute approximate surface area is 85.7 Å². The van der Waals surface area contributed by atoms with Crippen LogP contribution in [0.15, 0.2) is 36.4 Å². The first kappa shape index (κ1) is 8.17. The van der Waals surface area contributed by atoms with Crippen LogP contribution in [-0.4, -0.2) is 15.9 Å². The van der Waals surface area contributed by atoms with Crippen molar-refractivity contribution in [3.63, 3.8) is 0 Å². The van der Waals surface area contributed by atoms with Crippen molar-refractivity contribution < 1.29 is 9.90 Å². The van der Waals surface area contributed by atoms with Gasteiger partial charge in [0, 0.05) is 23.2 Å². The molecule has 0 aliphatic heterocycles. The molecule has 3 nitrogen and oxygen atoms in total. The number of nitrogens with zero attached hydrogens (tertiary/aromatic N) is 1. The number of carbonyl (C=O) groups excluding carboxylic acids is 1. The Balaban J connectivity index is 2.55. The Bertz CT molecular complexity index is 609. The van der Waals surface area contributed by atoms with E-state index in [0.29, 0.717) is 5.56 Å². The molecule has 1 aliphatic rings. The highest BCUT2D eigenvalue weighted by Gasteiger charge is 2.21. The van der Waals surface area contributed by atoms with Crippen molar-refractivity contribution in [3.8, 4) is 0 Å². The molecule has 1 aliphatic carbocycles. The van der Waals surface area contributed by atoms with Gasteiger partial charge >= 0.3 is 0 Å². The van der Waals surface area contributed by atoms with Gasteiger partial charge in [0.15, 0.2) is 5.76 Å². The fourth-order valence-corrected chi connectivity index (χ4v) is 1.91. The molecule has 0 bridgehead atoms. The lowest BCUT2D eigenvalue weighted by molar-refractivity contribution is 0.0980. The molecule has 1 aromatic heterocycles. The largest absolute Gasteiger partial charge is 0.504 e. The quantitative estimate of drug-likeness (QED) is 0.705. The lowest BCUT2D eigenvalue weighted by Gasteiger charge is -2.12. The Kier molecular flexibility index (Phi) is 1.45. The second kappa shape index (κ2) is 2.67. The number of pyridine rings is 1. The Morgan fingerprint density at radius 1 is 1.20 bits per heavy atom. The number of aromatic nitrogens is 1. The van der Waals surface area contributed by atoms with Gasteiger partial charge in [0.2, 0.25) is 5.78 Å². The number of rotatable bonds is 0. The van der Waals surface area contributed by atoms with E-state index in [1.807, 2.05) is 18.2 Å². The average molecular weight is 197 g/mol. The van der Waals surface area contributed by atoms with Crippen molar-refractivity contribution in [2.45, 2.75) is 0 Å². The topological polar surface area (TPSA) is 50.2 Å². The van der Waals surface area contributed by atoms with E-state index in [4.69, 9.17) is 0 Å². The molecule has 72 valence electrons. The Morgan fingerprint density at radius 2 is 2.07 bits per heavy atom. The van der Waals surface area contributed by atoms with Gasteiger partial charge in [0.05, 0.1) is 5.56 Å². The fourth-order valence-electron chi connectivity index (χ4n) is 1.91. The summed E-state index contributed by atoms with van der Waals surface area (Å²) < 4.78 is 0. The normalized spacial score (nSPS) is 14.1. The molecule has 1 N–H and O–H groups in total. The summed E-state index contributed by atoms with van der Waals surface area (Å²) >= 11 is 0. The maximum atomic E-state index is 11.6. The van der Waals surface area contributed by atoms with Crippen molar-refractivity contribution >= 4 is 22.6 Å². The van der Waals surface area contributed by atoms with Gasteiger partial charge in [0.25, 0.3) is 0 Å². The second-order valence-electron chi connectivity index (χ2n) is 3.49. The van der Waals surface area contributed by atoms with Crippen LogP contribution in [0, 0.1) is 0 Å². The first-order valence-corrected chi connectivity index (χ1v) is 4.59. The van der Waals surface area contributed by atoms with Crippen LogP contribution in [0.1, 0.15) is 15.9 Å². The van der Waals surface area contributed by atoms with E-state index in [2.05, 4.69) is 4.98 Å². The predicted molar refractivity (Wildman–Crippen MR) is 56.7 cm³/mol. The van der Waals surface area contributed by atoms with Crippen LogP contribution in [-0.2, 0) is 0 Å². The van der Waals surface area contributed by atoms with Gasteiger partial charge in [-0.3, -0.25) is 9.78 Å². The molecule has 3 rings (SSSR count). The van der Waals surface area contributed by atoms with Gasteiger partial charge in [-0.15, -0.1) is 0 Å². The van der Waals surface area contributed by atoms with Crippen molar-refractivity contribution in [2.24, 2.45) is 0 Å². The molecule has 0 amide bonds. The average Bonchev–Trinajstić information content (AvgIpc) is 2.26. The molecule has 15 heavy (non-hydrogen) atoms. The van der Waals surface area contributed by atoms with Crippen LogP contribution in [0.2, 0.25) is 0 Å². The van der Waals surface area contributed by atoms with E-state index in [1.165, 1.54) is 12.3 Å².